The van der Waals surface area contributed by atoms with E-state index in [1.54, 1.807) is 0 Å². The van der Waals surface area contributed by atoms with Crippen LogP contribution in [0.3, 0.4) is 0 Å². The fourth-order valence-electron chi connectivity index (χ4n) is 2.81. The van der Waals surface area contributed by atoms with Crippen molar-refractivity contribution >= 4 is 30.9 Å². The standard InChI is InChI=1S/C19H25N3O2.2ClH/c1-11(2)9-16-15(10-20)17(14-7-5-12(3)6-8-14)18(13(4)22-16)24-19(21)23;;/h5-8,11H,9-10,20H2,1-4H3,(H2,21,23);2*1H. The van der Waals surface area contributed by atoms with E-state index in [2.05, 4.69) is 18.8 Å². The van der Waals surface area contributed by atoms with E-state index in [-0.39, 0.29) is 24.8 Å². The molecule has 2 aromatic rings. The Morgan fingerprint density at radius 3 is 2.19 bits per heavy atom. The van der Waals surface area contributed by atoms with Crippen LogP contribution in [0.15, 0.2) is 24.3 Å². The average molecular weight is 400 g/mol. The van der Waals surface area contributed by atoms with Gasteiger partial charge in [-0.3, -0.25) is 4.98 Å². The highest BCUT2D eigenvalue weighted by atomic mass is 35.5. The Morgan fingerprint density at radius 2 is 1.73 bits per heavy atom. The third kappa shape index (κ3) is 5.59. The molecule has 1 amide bonds. The van der Waals surface area contributed by atoms with Gasteiger partial charge in [-0.05, 0) is 37.3 Å². The van der Waals surface area contributed by atoms with E-state index in [0.717, 1.165) is 34.4 Å². The molecule has 1 aromatic carbocycles. The van der Waals surface area contributed by atoms with E-state index in [4.69, 9.17) is 16.2 Å². The summed E-state index contributed by atoms with van der Waals surface area (Å²) in [5.74, 6) is 0.829. The Balaban J connectivity index is 0.00000312. The molecule has 0 fully saturated rings. The number of nitrogens with two attached hydrogens (primary N) is 2. The zero-order valence-corrected chi connectivity index (χ0v) is 17.2. The highest BCUT2D eigenvalue weighted by molar-refractivity contribution is 5.85. The van der Waals surface area contributed by atoms with Crippen molar-refractivity contribution in [1.82, 2.24) is 4.98 Å². The second-order valence-electron chi connectivity index (χ2n) is 6.42. The molecular formula is C19H27Cl2N3O2. The average Bonchev–Trinajstić information content (AvgIpc) is 2.49. The predicted molar refractivity (Wildman–Crippen MR) is 110 cm³/mol. The van der Waals surface area contributed by atoms with Crippen molar-refractivity contribution < 1.29 is 9.53 Å². The summed E-state index contributed by atoms with van der Waals surface area (Å²) in [5.41, 5.74) is 16.7. The number of amides is 1. The van der Waals surface area contributed by atoms with Gasteiger partial charge in [0.2, 0.25) is 0 Å². The van der Waals surface area contributed by atoms with Crippen LogP contribution in [0.5, 0.6) is 5.75 Å². The molecule has 0 saturated heterocycles. The summed E-state index contributed by atoms with van der Waals surface area (Å²) in [6, 6.07) is 8.02. The van der Waals surface area contributed by atoms with Gasteiger partial charge in [-0.25, -0.2) is 4.79 Å². The molecule has 0 unspecified atom stereocenters. The second kappa shape index (κ2) is 10.4. The van der Waals surface area contributed by atoms with Gasteiger partial charge in [0.25, 0.3) is 0 Å². The quantitative estimate of drug-likeness (QED) is 0.782. The van der Waals surface area contributed by atoms with Gasteiger partial charge in [-0.1, -0.05) is 43.7 Å². The number of aromatic nitrogens is 1. The molecule has 0 atom stereocenters. The summed E-state index contributed by atoms with van der Waals surface area (Å²) in [5, 5.41) is 0. The Morgan fingerprint density at radius 1 is 1.15 bits per heavy atom. The highest BCUT2D eigenvalue weighted by Crippen LogP contribution is 2.37. The van der Waals surface area contributed by atoms with Crippen LogP contribution in [0, 0.1) is 19.8 Å². The smallest absolute Gasteiger partial charge is 0.408 e. The van der Waals surface area contributed by atoms with Crippen LogP contribution in [0.1, 0.15) is 36.4 Å². The molecule has 0 saturated carbocycles. The number of hydrogen-bond acceptors (Lipinski definition) is 4. The van der Waals surface area contributed by atoms with Gasteiger partial charge in [-0.15, -0.1) is 24.8 Å². The predicted octanol–water partition coefficient (Wildman–Crippen LogP) is 4.32. The van der Waals surface area contributed by atoms with Crippen LogP contribution in [0.25, 0.3) is 11.1 Å². The maximum Gasteiger partial charge on any atom is 0.410 e. The van der Waals surface area contributed by atoms with E-state index in [0.29, 0.717) is 23.9 Å². The minimum atomic E-state index is -0.854. The number of primary amides is 1. The van der Waals surface area contributed by atoms with E-state index < -0.39 is 6.09 Å². The van der Waals surface area contributed by atoms with Crippen LogP contribution in [-0.4, -0.2) is 11.1 Å². The summed E-state index contributed by atoms with van der Waals surface area (Å²) in [4.78, 5) is 16.0. The fourth-order valence-corrected chi connectivity index (χ4v) is 2.81. The van der Waals surface area contributed by atoms with Crippen molar-refractivity contribution in [3.05, 3.63) is 46.8 Å². The maximum absolute atomic E-state index is 11.4. The summed E-state index contributed by atoms with van der Waals surface area (Å²) in [7, 11) is 0. The van der Waals surface area contributed by atoms with E-state index in [1.807, 2.05) is 38.1 Å². The number of rotatable bonds is 5. The maximum atomic E-state index is 11.4. The lowest BCUT2D eigenvalue weighted by molar-refractivity contribution is 0.210. The first-order chi connectivity index (χ1) is 11.3. The summed E-state index contributed by atoms with van der Waals surface area (Å²) >= 11 is 0. The molecule has 0 aliphatic heterocycles. The van der Waals surface area contributed by atoms with Crippen LogP contribution < -0.4 is 16.2 Å². The van der Waals surface area contributed by atoms with Crippen LogP contribution >= 0.6 is 24.8 Å². The molecule has 7 heteroatoms. The Kier molecular flexibility index (Phi) is 9.63. The Labute approximate surface area is 167 Å². The fraction of sp³-hybridized carbons (Fsp3) is 0.368. The Bertz CT molecular complexity index is 747. The van der Waals surface area contributed by atoms with Crippen molar-refractivity contribution in [2.24, 2.45) is 17.4 Å². The molecular weight excluding hydrogens is 373 g/mol. The summed E-state index contributed by atoms with van der Waals surface area (Å²) in [6.45, 7) is 8.43. The van der Waals surface area contributed by atoms with Crippen molar-refractivity contribution in [3.63, 3.8) is 0 Å². The first-order valence-corrected chi connectivity index (χ1v) is 8.10. The van der Waals surface area contributed by atoms with E-state index in [1.165, 1.54) is 0 Å². The molecule has 5 nitrogen and oxygen atoms in total. The van der Waals surface area contributed by atoms with Gasteiger partial charge in [0.05, 0.1) is 5.69 Å². The van der Waals surface area contributed by atoms with Crippen molar-refractivity contribution in [3.8, 4) is 16.9 Å². The first kappa shape index (κ1) is 24.2. The number of benzene rings is 1. The largest absolute Gasteiger partial charge is 0.410 e. The molecule has 26 heavy (non-hydrogen) atoms. The number of ether oxygens (including phenoxy) is 1. The van der Waals surface area contributed by atoms with Gasteiger partial charge in [-0.2, -0.15) is 0 Å². The molecule has 0 bridgehead atoms. The SMILES string of the molecule is Cc1ccc(-c2c(CN)c(CC(C)C)nc(C)c2OC(N)=O)cc1.Cl.Cl. The van der Waals surface area contributed by atoms with E-state index >= 15 is 0 Å². The molecule has 1 heterocycles. The summed E-state index contributed by atoms with van der Waals surface area (Å²) < 4.78 is 5.28. The molecule has 2 rings (SSSR count). The molecule has 0 spiro atoms. The number of carbonyl (C=O) groups is 1. The van der Waals surface area contributed by atoms with Crippen LogP contribution in [0.4, 0.5) is 4.79 Å². The molecule has 144 valence electrons. The molecule has 0 radical (unpaired) electrons. The zero-order valence-electron chi connectivity index (χ0n) is 15.5. The molecule has 0 aliphatic carbocycles. The Hall–Kier alpha value is -1.82. The topological polar surface area (TPSA) is 91.2 Å². The number of carbonyl (C=O) groups excluding carboxylic acids is 1. The van der Waals surface area contributed by atoms with Crippen molar-refractivity contribution in [1.29, 1.82) is 0 Å². The number of halogens is 2. The molecule has 0 aliphatic rings. The molecule has 4 N–H and O–H groups in total. The number of aryl methyl sites for hydroxylation is 2. The minimum absolute atomic E-state index is 0. The first-order valence-electron chi connectivity index (χ1n) is 8.10. The van der Waals surface area contributed by atoms with Crippen molar-refractivity contribution in [2.75, 3.05) is 0 Å². The van der Waals surface area contributed by atoms with Crippen LogP contribution in [0.2, 0.25) is 0 Å². The second-order valence-corrected chi connectivity index (χ2v) is 6.42. The number of nitrogens with zero attached hydrogens (tertiary/aromatic N) is 1. The molecule has 1 aromatic heterocycles. The van der Waals surface area contributed by atoms with Gasteiger partial charge in [0.15, 0.2) is 5.75 Å². The number of pyridine rings is 1. The lowest BCUT2D eigenvalue weighted by Gasteiger charge is -2.20. The van der Waals surface area contributed by atoms with Crippen molar-refractivity contribution in [2.45, 2.75) is 40.7 Å². The zero-order chi connectivity index (χ0) is 17.9. The third-order valence-corrected chi connectivity index (χ3v) is 3.86. The van der Waals surface area contributed by atoms with Gasteiger partial charge < -0.3 is 16.2 Å². The lowest BCUT2D eigenvalue weighted by atomic mass is 9.93. The van der Waals surface area contributed by atoms with Gasteiger partial charge >= 0.3 is 6.09 Å². The van der Waals surface area contributed by atoms with E-state index in [9.17, 15) is 4.79 Å². The normalized spacial score (nSPS) is 10.1. The summed E-state index contributed by atoms with van der Waals surface area (Å²) in [6.07, 6.45) is -0.0452. The van der Waals surface area contributed by atoms with Gasteiger partial charge in [0, 0.05) is 17.8 Å². The highest BCUT2D eigenvalue weighted by Gasteiger charge is 2.21. The monoisotopic (exact) mass is 399 g/mol. The minimum Gasteiger partial charge on any atom is -0.408 e. The van der Waals surface area contributed by atoms with Gasteiger partial charge in [0.1, 0.15) is 0 Å². The third-order valence-electron chi connectivity index (χ3n) is 3.86. The van der Waals surface area contributed by atoms with Crippen LogP contribution in [-0.2, 0) is 13.0 Å². The number of hydrogen-bond donors (Lipinski definition) is 2. The lowest BCUT2D eigenvalue weighted by Crippen LogP contribution is -2.19.